The minimum Gasteiger partial charge on any atom is -0.405 e. The molecule has 0 aliphatic rings. The molecule has 4 nitrogen and oxygen atoms in total. The van der Waals surface area contributed by atoms with Crippen molar-refractivity contribution < 1.29 is 9.31 Å². The molecule has 0 aromatic carbocycles. The molecule has 0 bridgehead atoms. The predicted octanol–water partition coefficient (Wildman–Crippen LogP) is 1.02. The van der Waals surface area contributed by atoms with Crippen LogP contribution in [0.15, 0.2) is 18.7 Å². The van der Waals surface area contributed by atoms with Gasteiger partial charge >= 0.3 is 7.12 Å². The van der Waals surface area contributed by atoms with Gasteiger partial charge in [-0.2, -0.15) is 0 Å². The molecule has 0 spiro atoms. The van der Waals surface area contributed by atoms with Crippen LogP contribution in [0.4, 0.5) is 0 Å². The van der Waals surface area contributed by atoms with Crippen LogP contribution >= 0.6 is 0 Å². The van der Waals surface area contributed by atoms with Gasteiger partial charge in [-0.25, -0.2) is 9.97 Å². The summed E-state index contributed by atoms with van der Waals surface area (Å²) in [4.78, 5) is 7.90. The summed E-state index contributed by atoms with van der Waals surface area (Å²) in [7, 11) is -0.383. The maximum Gasteiger partial charge on any atom is 0.497 e. The van der Waals surface area contributed by atoms with Crippen molar-refractivity contribution in [1.29, 1.82) is 0 Å². The number of nitrogens with zero attached hydrogens (tertiary/aromatic N) is 2. The van der Waals surface area contributed by atoms with Gasteiger partial charge in [-0.15, -0.1) is 0 Å². The number of hydrogen-bond donors (Lipinski definition) is 0. The van der Waals surface area contributed by atoms with Gasteiger partial charge in [-0.3, -0.25) is 0 Å². The van der Waals surface area contributed by atoms with E-state index in [4.69, 9.17) is 9.31 Å². The first-order chi connectivity index (χ1) is 7.09. The molecule has 1 heterocycles. The lowest BCUT2D eigenvalue weighted by Crippen LogP contribution is -2.41. The van der Waals surface area contributed by atoms with Crippen LogP contribution in [0.5, 0.6) is 0 Å². The van der Waals surface area contributed by atoms with E-state index in [1.165, 1.54) is 6.33 Å². The highest BCUT2D eigenvalue weighted by molar-refractivity contribution is 6.61. The summed E-state index contributed by atoms with van der Waals surface area (Å²) in [5.41, 5.74) is 0.847. The van der Waals surface area contributed by atoms with Crippen LogP contribution in [0, 0.1) is 0 Å². The summed E-state index contributed by atoms with van der Waals surface area (Å²) in [5, 5.41) is 0. The van der Waals surface area contributed by atoms with Gasteiger partial charge in [0.25, 0.3) is 0 Å². The monoisotopic (exact) mass is 208 g/mol. The van der Waals surface area contributed by atoms with Crippen molar-refractivity contribution >= 4 is 12.6 Å². The lowest BCUT2D eigenvalue weighted by molar-refractivity contribution is 0.139. The number of hydrogen-bond acceptors (Lipinski definition) is 4. The van der Waals surface area contributed by atoms with E-state index in [0.717, 1.165) is 5.46 Å². The summed E-state index contributed by atoms with van der Waals surface area (Å²) in [6.07, 6.45) is 5.12. The van der Waals surface area contributed by atoms with Gasteiger partial charge in [0.1, 0.15) is 6.33 Å². The zero-order valence-corrected chi connectivity index (χ0v) is 9.68. The highest BCUT2D eigenvalue weighted by Gasteiger charge is 2.24. The van der Waals surface area contributed by atoms with Gasteiger partial charge in [0.2, 0.25) is 0 Å². The van der Waals surface area contributed by atoms with Crippen molar-refractivity contribution in [2.24, 2.45) is 0 Å². The minimum atomic E-state index is -0.383. The molecule has 82 valence electrons. The van der Waals surface area contributed by atoms with E-state index in [-0.39, 0.29) is 19.3 Å². The van der Waals surface area contributed by atoms with Crippen molar-refractivity contribution in [1.82, 2.24) is 9.97 Å². The van der Waals surface area contributed by atoms with E-state index in [1.54, 1.807) is 12.4 Å². The largest absolute Gasteiger partial charge is 0.497 e. The lowest BCUT2D eigenvalue weighted by atomic mass is 9.80. The van der Waals surface area contributed by atoms with Gasteiger partial charge in [0.05, 0.1) is 0 Å². The molecule has 1 aromatic heterocycles. The molecule has 0 radical (unpaired) electrons. The lowest BCUT2D eigenvalue weighted by Gasteiger charge is -2.18. The summed E-state index contributed by atoms with van der Waals surface area (Å²) in [6.45, 7) is 7.89. The Morgan fingerprint density at radius 3 is 1.87 bits per heavy atom. The van der Waals surface area contributed by atoms with E-state index in [0.29, 0.717) is 0 Å². The SMILES string of the molecule is CC(C)OB(OC(C)C)c1cncnc1. The first-order valence-electron chi connectivity index (χ1n) is 5.15. The maximum atomic E-state index is 5.64. The predicted molar refractivity (Wildman–Crippen MR) is 59.9 cm³/mol. The number of aromatic nitrogens is 2. The molecule has 0 saturated carbocycles. The molecular formula is C10H17BN2O2. The molecule has 0 atom stereocenters. The minimum absolute atomic E-state index is 0.106. The van der Waals surface area contributed by atoms with E-state index in [1.807, 2.05) is 27.7 Å². The van der Waals surface area contributed by atoms with Crippen molar-refractivity contribution in [3.05, 3.63) is 18.7 Å². The molecule has 0 aliphatic heterocycles. The van der Waals surface area contributed by atoms with Crippen LogP contribution in [-0.2, 0) is 9.31 Å². The van der Waals surface area contributed by atoms with Gasteiger partial charge in [-0.05, 0) is 27.7 Å². The second kappa shape index (κ2) is 5.83. The second-order valence-corrected chi connectivity index (χ2v) is 3.87. The average molecular weight is 208 g/mol. The zero-order valence-electron chi connectivity index (χ0n) is 9.68. The molecule has 0 amide bonds. The molecule has 0 N–H and O–H groups in total. The van der Waals surface area contributed by atoms with E-state index >= 15 is 0 Å². The Hall–Kier alpha value is -0.935. The maximum absolute atomic E-state index is 5.64. The third-order valence-corrected chi connectivity index (χ3v) is 1.64. The topological polar surface area (TPSA) is 44.2 Å². The smallest absolute Gasteiger partial charge is 0.405 e. The fraction of sp³-hybridized carbons (Fsp3) is 0.600. The number of rotatable bonds is 5. The zero-order chi connectivity index (χ0) is 11.3. The Morgan fingerprint density at radius 2 is 1.47 bits per heavy atom. The Kier molecular flexibility index (Phi) is 4.71. The fourth-order valence-electron chi connectivity index (χ4n) is 1.12. The molecular weight excluding hydrogens is 191 g/mol. The van der Waals surface area contributed by atoms with Crippen LogP contribution in [0.1, 0.15) is 27.7 Å². The molecule has 0 fully saturated rings. The van der Waals surface area contributed by atoms with Gasteiger partial charge < -0.3 is 9.31 Å². The molecule has 0 aliphatic carbocycles. The normalized spacial score (nSPS) is 11.1. The molecule has 0 unspecified atom stereocenters. The molecule has 1 aromatic rings. The third-order valence-electron chi connectivity index (χ3n) is 1.64. The van der Waals surface area contributed by atoms with E-state index in [9.17, 15) is 0 Å². The van der Waals surface area contributed by atoms with Crippen LogP contribution in [0.2, 0.25) is 0 Å². The third kappa shape index (κ3) is 4.40. The summed E-state index contributed by atoms with van der Waals surface area (Å²) >= 11 is 0. The van der Waals surface area contributed by atoms with E-state index in [2.05, 4.69) is 9.97 Å². The molecule has 15 heavy (non-hydrogen) atoms. The summed E-state index contributed by atoms with van der Waals surface area (Å²) in [6, 6.07) is 0. The first-order valence-corrected chi connectivity index (χ1v) is 5.15. The van der Waals surface area contributed by atoms with Crippen molar-refractivity contribution in [3.8, 4) is 0 Å². The highest BCUT2D eigenvalue weighted by atomic mass is 16.6. The van der Waals surface area contributed by atoms with Crippen LogP contribution < -0.4 is 5.46 Å². The van der Waals surface area contributed by atoms with Crippen molar-refractivity contribution in [3.63, 3.8) is 0 Å². The van der Waals surface area contributed by atoms with Crippen molar-refractivity contribution in [2.75, 3.05) is 0 Å². The Morgan fingerprint density at radius 1 is 1.00 bits per heavy atom. The molecule has 1 rings (SSSR count). The highest BCUT2D eigenvalue weighted by Crippen LogP contribution is 2.00. The first kappa shape index (κ1) is 12.1. The van der Waals surface area contributed by atoms with Gasteiger partial charge in [0, 0.05) is 30.1 Å². The Bertz CT molecular complexity index is 270. The molecule has 0 saturated heterocycles. The second-order valence-electron chi connectivity index (χ2n) is 3.87. The van der Waals surface area contributed by atoms with E-state index < -0.39 is 0 Å². The van der Waals surface area contributed by atoms with Crippen LogP contribution in [0.25, 0.3) is 0 Å². The Balaban J connectivity index is 2.72. The standard InChI is InChI=1S/C10H17BN2O2/c1-8(2)14-11(15-9(3)4)10-5-12-7-13-6-10/h5-9H,1-4H3. The summed E-state index contributed by atoms with van der Waals surface area (Å²) in [5.74, 6) is 0. The molecule has 5 heteroatoms. The summed E-state index contributed by atoms with van der Waals surface area (Å²) < 4.78 is 11.3. The van der Waals surface area contributed by atoms with Crippen LogP contribution in [-0.4, -0.2) is 29.3 Å². The quantitative estimate of drug-likeness (QED) is 0.677. The fourth-order valence-corrected chi connectivity index (χ4v) is 1.12. The van der Waals surface area contributed by atoms with Crippen LogP contribution in [0.3, 0.4) is 0 Å². The van der Waals surface area contributed by atoms with Gasteiger partial charge in [-0.1, -0.05) is 0 Å². The van der Waals surface area contributed by atoms with Crippen molar-refractivity contribution in [2.45, 2.75) is 39.9 Å². The average Bonchev–Trinajstić information content (AvgIpc) is 2.17. The van der Waals surface area contributed by atoms with Gasteiger partial charge in [0.15, 0.2) is 0 Å². The Labute approximate surface area is 91.2 Å².